The van der Waals surface area contributed by atoms with Gasteiger partial charge in [0.25, 0.3) is 0 Å². The van der Waals surface area contributed by atoms with Crippen LogP contribution in [-0.2, 0) is 9.53 Å². The van der Waals surface area contributed by atoms with Gasteiger partial charge in [-0.05, 0) is 13.8 Å². The largest absolute Gasteiger partial charge is 0.372 e. The molecule has 0 saturated heterocycles. The predicted molar refractivity (Wildman–Crippen MR) is 49.4 cm³/mol. The van der Waals surface area contributed by atoms with Crippen LogP contribution in [0.15, 0.2) is 0 Å². The minimum atomic E-state index is -0.0237. The Balaban J connectivity index is 3.61. The van der Waals surface area contributed by atoms with Crippen LogP contribution in [0.3, 0.4) is 0 Å². The number of hydrogen-bond acceptors (Lipinski definition) is 2. The fourth-order valence-corrected chi connectivity index (χ4v) is 0.986. The van der Waals surface area contributed by atoms with Gasteiger partial charge in [-0.2, -0.15) is 0 Å². The highest BCUT2D eigenvalue weighted by Gasteiger charge is 2.09. The average molecular weight is 194 g/mol. The number of carbonyl (C=O) groups excluding carboxylic acids is 1. The summed E-state index contributed by atoms with van der Waals surface area (Å²) in [5, 5.41) is -0.0134. The SMILES string of the molecule is CCOCC(=O)N(C)CC(C)Cl. The van der Waals surface area contributed by atoms with Crippen LogP contribution in [0.4, 0.5) is 0 Å². The summed E-state index contributed by atoms with van der Waals surface area (Å²) in [7, 11) is 1.72. The van der Waals surface area contributed by atoms with Gasteiger partial charge in [-0.15, -0.1) is 11.6 Å². The Morgan fingerprint density at radius 3 is 2.67 bits per heavy atom. The fourth-order valence-electron chi connectivity index (χ4n) is 0.779. The van der Waals surface area contributed by atoms with Gasteiger partial charge in [-0.1, -0.05) is 0 Å². The average Bonchev–Trinajstić information content (AvgIpc) is 1.98. The molecular weight excluding hydrogens is 178 g/mol. The summed E-state index contributed by atoms with van der Waals surface area (Å²) in [5.74, 6) is -0.0237. The first-order chi connectivity index (χ1) is 5.57. The van der Waals surface area contributed by atoms with Crippen molar-refractivity contribution in [1.82, 2.24) is 4.90 Å². The van der Waals surface area contributed by atoms with Gasteiger partial charge < -0.3 is 9.64 Å². The van der Waals surface area contributed by atoms with Crippen LogP contribution in [0.5, 0.6) is 0 Å². The summed E-state index contributed by atoms with van der Waals surface area (Å²) in [6, 6.07) is 0. The maximum absolute atomic E-state index is 11.2. The third-order valence-corrected chi connectivity index (χ3v) is 1.52. The number of alkyl halides is 1. The first-order valence-corrected chi connectivity index (χ1v) is 4.47. The summed E-state index contributed by atoms with van der Waals surface area (Å²) in [6.07, 6.45) is 0. The van der Waals surface area contributed by atoms with Gasteiger partial charge in [-0.25, -0.2) is 0 Å². The van der Waals surface area contributed by atoms with E-state index >= 15 is 0 Å². The van der Waals surface area contributed by atoms with E-state index in [1.807, 2.05) is 13.8 Å². The van der Waals surface area contributed by atoms with E-state index in [4.69, 9.17) is 16.3 Å². The number of ether oxygens (including phenoxy) is 1. The Morgan fingerprint density at radius 2 is 2.25 bits per heavy atom. The molecule has 12 heavy (non-hydrogen) atoms. The van der Waals surface area contributed by atoms with Crippen molar-refractivity contribution in [2.45, 2.75) is 19.2 Å². The maximum atomic E-state index is 11.2. The summed E-state index contributed by atoms with van der Waals surface area (Å²) in [4.78, 5) is 12.8. The number of likely N-dealkylation sites (N-methyl/N-ethyl adjacent to an activating group) is 1. The van der Waals surface area contributed by atoms with Crippen molar-refractivity contribution in [3.63, 3.8) is 0 Å². The Bertz CT molecular complexity index is 139. The highest BCUT2D eigenvalue weighted by molar-refractivity contribution is 6.20. The van der Waals surface area contributed by atoms with E-state index in [2.05, 4.69) is 0 Å². The molecule has 0 aliphatic heterocycles. The molecule has 72 valence electrons. The number of rotatable bonds is 5. The maximum Gasteiger partial charge on any atom is 0.248 e. The van der Waals surface area contributed by atoms with Crippen LogP contribution >= 0.6 is 11.6 Å². The van der Waals surface area contributed by atoms with Crippen molar-refractivity contribution in [3.8, 4) is 0 Å². The smallest absolute Gasteiger partial charge is 0.248 e. The molecule has 0 aromatic carbocycles. The second-order valence-electron chi connectivity index (χ2n) is 2.69. The van der Waals surface area contributed by atoms with Crippen molar-refractivity contribution < 1.29 is 9.53 Å². The molecule has 0 spiro atoms. The van der Waals surface area contributed by atoms with E-state index in [0.29, 0.717) is 13.2 Å². The lowest BCUT2D eigenvalue weighted by Gasteiger charge is -2.17. The zero-order valence-corrected chi connectivity index (χ0v) is 8.60. The molecule has 0 heterocycles. The Hall–Kier alpha value is -0.280. The Kier molecular flexibility index (Phi) is 6.11. The molecule has 0 rings (SSSR count). The third kappa shape index (κ3) is 5.38. The van der Waals surface area contributed by atoms with Crippen molar-refractivity contribution in [1.29, 1.82) is 0 Å². The normalized spacial score (nSPS) is 12.7. The quantitative estimate of drug-likeness (QED) is 0.613. The molecule has 3 nitrogen and oxygen atoms in total. The van der Waals surface area contributed by atoms with Gasteiger partial charge in [0, 0.05) is 25.6 Å². The molecule has 0 aromatic rings. The van der Waals surface area contributed by atoms with E-state index in [1.165, 1.54) is 0 Å². The van der Waals surface area contributed by atoms with Crippen LogP contribution < -0.4 is 0 Å². The first-order valence-electron chi connectivity index (χ1n) is 4.03. The Morgan fingerprint density at radius 1 is 1.67 bits per heavy atom. The zero-order valence-electron chi connectivity index (χ0n) is 7.84. The fraction of sp³-hybridized carbons (Fsp3) is 0.875. The topological polar surface area (TPSA) is 29.5 Å². The Labute approximate surface area is 78.6 Å². The van der Waals surface area contributed by atoms with Crippen LogP contribution in [0, 0.1) is 0 Å². The highest BCUT2D eigenvalue weighted by atomic mass is 35.5. The van der Waals surface area contributed by atoms with E-state index in [9.17, 15) is 4.79 Å². The number of halogens is 1. The molecule has 0 N–H and O–H groups in total. The van der Waals surface area contributed by atoms with Gasteiger partial charge in [0.05, 0.1) is 0 Å². The lowest BCUT2D eigenvalue weighted by atomic mass is 10.4. The molecule has 1 amide bonds. The van der Waals surface area contributed by atoms with E-state index in [-0.39, 0.29) is 17.9 Å². The molecular formula is C8H16ClNO2. The van der Waals surface area contributed by atoms with Crippen molar-refractivity contribution in [3.05, 3.63) is 0 Å². The van der Waals surface area contributed by atoms with E-state index < -0.39 is 0 Å². The molecule has 4 heteroatoms. The molecule has 0 saturated carbocycles. The second kappa shape index (κ2) is 6.26. The summed E-state index contributed by atoms with van der Waals surface area (Å²) in [5.41, 5.74) is 0. The van der Waals surface area contributed by atoms with Crippen molar-refractivity contribution in [2.75, 3.05) is 26.8 Å². The lowest BCUT2D eigenvalue weighted by molar-refractivity contribution is -0.134. The van der Waals surface area contributed by atoms with Crippen LogP contribution in [0.2, 0.25) is 0 Å². The zero-order chi connectivity index (χ0) is 9.56. The minimum Gasteiger partial charge on any atom is -0.372 e. The predicted octanol–water partition coefficient (Wildman–Crippen LogP) is 1.11. The minimum absolute atomic E-state index is 0.0134. The van der Waals surface area contributed by atoms with Gasteiger partial charge in [-0.3, -0.25) is 4.79 Å². The van der Waals surface area contributed by atoms with Crippen LogP contribution in [0.25, 0.3) is 0 Å². The number of hydrogen-bond donors (Lipinski definition) is 0. The van der Waals surface area contributed by atoms with Gasteiger partial charge >= 0.3 is 0 Å². The molecule has 0 radical (unpaired) electrons. The lowest BCUT2D eigenvalue weighted by Crippen LogP contribution is -2.34. The van der Waals surface area contributed by atoms with Gasteiger partial charge in [0.15, 0.2) is 0 Å². The number of amides is 1. The van der Waals surface area contributed by atoms with Crippen molar-refractivity contribution >= 4 is 17.5 Å². The van der Waals surface area contributed by atoms with Crippen LogP contribution in [-0.4, -0.2) is 43.0 Å². The molecule has 0 aliphatic rings. The summed E-state index contributed by atoms with van der Waals surface area (Å²) >= 11 is 5.72. The molecule has 0 fully saturated rings. The summed E-state index contributed by atoms with van der Waals surface area (Å²) in [6.45, 7) is 4.99. The second-order valence-corrected chi connectivity index (χ2v) is 3.44. The van der Waals surface area contributed by atoms with Crippen molar-refractivity contribution in [2.24, 2.45) is 0 Å². The third-order valence-electron chi connectivity index (χ3n) is 1.38. The van der Waals surface area contributed by atoms with E-state index in [1.54, 1.807) is 11.9 Å². The monoisotopic (exact) mass is 193 g/mol. The standard InChI is InChI=1S/C8H16ClNO2/c1-4-12-6-8(11)10(3)5-7(2)9/h7H,4-6H2,1-3H3. The molecule has 0 bridgehead atoms. The molecule has 1 atom stereocenters. The molecule has 1 unspecified atom stereocenters. The number of nitrogens with zero attached hydrogens (tertiary/aromatic N) is 1. The van der Waals surface area contributed by atoms with Gasteiger partial charge in [0.1, 0.15) is 6.61 Å². The highest BCUT2D eigenvalue weighted by Crippen LogP contribution is 1.96. The van der Waals surface area contributed by atoms with Crippen LogP contribution in [0.1, 0.15) is 13.8 Å². The van der Waals surface area contributed by atoms with Gasteiger partial charge in [0.2, 0.25) is 5.91 Å². The molecule has 0 aromatic heterocycles. The van der Waals surface area contributed by atoms with E-state index in [0.717, 1.165) is 0 Å². The first kappa shape index (κ1) is 11.7. The summed E-state index contributed by atoms with van der Waals surface area (Å²) < 4.78 is 4.96. The number of carbonyl (C=O) groups is 1. The molecule has 0 aliphatic carbocycles.